The average Bonchev–Trinajstić information content (AvgIpc) is 1.97. The largest absolute Gasteiger partial charge is 0.384 e. The number of ether oxygens (including phenoxy) is 1. The van der Waals surface area contributed by atoms with Crippen molar-refractivity contribution >= 4 is 23.0 Å². The first-order valence-electron chi connectivity index (χ1n) is 3.24. The molecule has 0 saturated heterocycles. The molecule has 0 radical (unpaired) electrons. The van der Waals surface area contributed by atoms with Crippen LogP contribution in [0.3, 0.4) is 0 Å². The number of hydrazone groups is 1. The Balaban J connectivity index is 3.54. The number of nitrogens with zero attached hydrogens (tertiary/aromatic N) is 1. The molecule has 0 aromatic carbocycles. The zero-order valence-corrected chi connectivity index (χ0v) is 7.57. The molecular weight excluding hydrogens is 162 g/mol. The van der Waals surface area contributed by atoms with E-state index in [4.69, 9.17) is 10.5 Å². The van der Waals surface area contributed by atoms with Crippen molar-refractivity contribution in [1.82, 2.24) is 5.43 Å². The van der Waals surface area contributed by atoms with Crippen molar-refractivity contribution in [3.05, 3.63) is 0 Å². The first-order chi connectivity index (χ1) is 5.16. The van der Waals surface area contributed by atoms with Gasteiger partial charge in [-0.1, -0.05) is 0 Å². The van der Waals surface area contributed by atoms with Crippen LogP contribution in [0.2, 0.25) is 0 Å². The van der Waals surface area contributed by atoms with Gasteiger partial charge in [0, 0.05) is 19.2 Å². The molecule has 0 aliphatic carbocycles. The van der Waals surface area contributed by atoms with E-state index in [2.05, 4.69) is 22.7 Å². The van der Waals surface area contributed by atoms with E-state index in [0.717, 1.165) is 12.1 Å². The summed E-state index contributed by atoms with van der Waals surface area (Å²) in [5.74, 6) is 0. The van der Waals surface area contributed by atoms with Crippen LogP contribution in [0.4, 0.5) is 0 Å². The SMILES string of the molecule is COCCC(C)=NNC(N)=S. The molecule has 0 saturated carbocycles. The van der Waals surface area contributed by atoms with E-state index in [1.165, 1.54) is 0 Å². The Morgan fingerprint density at radius 2 is 2.36 bits per heavy atom. The fourth-order valence-electron chi connectivity index (χ4n) is 0.456. The summed E-state index contributed by atoms with van der Waals surface area (Å²) in [6, 6.07) is 0. The Morgan fingerprint density at radius 3 is 2.82 bits per heavy atom. The summed E-state index contributed by atoms with van der Waals surface area (Å²) in [5.41, 5.74) is 8.56. The second kappa shape index (κ2) is 6.06. The number of hydrogen-bond donors (Lipinski definition) is 2. The molecule has 64 valence electrons. The molecule has 0 bridgehead atoms. The van der Waals surface area contributed by atoms with Gasteiger partial charge < -0.3 is 10.5 Å². The molecule has 0 aromatic heterocycles. The Kier molecular flexibility index (Phi) is 5.68. The summed E-state index contributed by atoms with van der Waals surface area (Å²) in [6.45, 7) is 2.54. The highest BCUT2D eigenvalue weighted by Crippen LogP contribution is 1.84. The van der Waals surface area contributed by atoms with Gasteiger partial charge in [0.25, 0.3) is 0 Å². The van der Waals surface area contributed by atoms with Crippen molar-refractivity contribution < 1.29 is 4.74 Å². The molecule has 0 fully saturated rings. The monoisotopic (exact) mass is 175 g/mol. The van der Waals surface area contributed by atoms with E-state index in [1.807, 2.05) is 6.92 Å². The van der Waals surface area contributed by atoms with Crippen molar-refractivity contribution in [2.75, 3.05) is 13.7 Å². The summed E-state index contributed by atoms with van der Waals surface area (Å²) < 4.78 is 4.85. The number of methoxy groups -OCH3 is 1. The van der Waals surface area contributed by atoms with E-state index in [-0.39, 0.29) is 5.11 Å². The lowest BCUT2D eigenvalue weighted by Gasteiger charge is -1.99. The van der Waals surface area contributed by atoms with E-state index < -0.39 is 0 Å². The third kappa shape index (κ3) is 7.21. The molecule has 0 aliphatic heterocycles. The third-order valence-corrected chi connectivity index (χ3v) is 1.12. The minimum atomic E-state index is 0.182. The van der Waals surface area contributed by atoms with E-state index >= 15 is 0 Å². The number of hydrogen-bond acceptors (Lipinski definition) is 3. The van der Waals surface area contributed by atoms with Crippen molar-refractivity contribution in [3.63, 3.8) is 0 Å². The number of nitrogens with one attached hydrogen (secondary N) is 1. The maximum atomic E-state index is 5.15. The maximum Gasteiger partial charge on any atom is 0.184 e. The first-order valence-corrected chi connectivity index (χ1v) is 3.65. The van der Waals surface area contributed by atoms with Crippen molar-refractivity contribution in [2.24, 2.45) is 10.8 Å². The predicted octanol–water partition coefficient (Wildman–Crippen LogP) is 0.232. The van der Waals surface area contributed by atoms with Gasteiger partial charge in [0.2, 0.25) is 0 Å². The van der Waals surface area contributed by atoms with Crippen molar-refractivity contribution in [1.29, 1.82) is 0 Å². The zero-order valence-electron chi connectivity index (χ0n) is 6.76. The standard InChI is InChI=1S/C6H13N3OS/c1-5(3-4-10-2)8-9-6(7)11/h3-4H2,1-2H3,(H3,7,9,11). The molecule has 0 heterocycles. The third-order valence-electron chi connectivity index (χ3n) is 1.02. The maximum absolute atomic E-state index is 5.15. The quantitative estimate of drug-likeness (QED) is 0.365. The molecule has 11 heavy (non-hydrogen) atoms. The van der Waals surface area contributed by atoms with Crippen molar-refractivity contribution in [2.45, 2.75) is 13.3 Å². The number of rotatable bonds is 4. The topological polar surface area (TPSA) is 59.6 Å². The van der Waals surface area contributed by atoms with Crippen LogP contribution in [-0.2, 0) is 4.74 Å². The lowest BCUT2D eigenvalue weighted by Crippen LogP contribution is -2.25. The predicted molar refractivity (Wildman–Crippen MR) is 49.5 cm³/mol. The van der Waals surface area contributed by atoms with Crippen LogP contribution >= 0.6 is 12.2 Å². The second-order valence-electron chi connectivity index (χ2n) is 2.07. The fraction of sp³-hybridized carbons (Fsp3) is 0.667. The van der Waals surface area contributed by atoms with Gasteiger partial charge in [0.15, 0.2) is 5.11 Å². The molecule has 0 aromatic rings. The van der Waals surface area contributed by atoms with Gasteiger partial charge in [-0.2, -0.15) is 5.10 Å². The average molecular weight is 175 g/mol. The van der Waals surface area contributed by atoms with E-state index in [1.54, 1.807) is 7.11 Å². The zero-order chi connectivity index (χ0) is 8.69. The summed E-state index contributed by atoms with van der Waals surface area (Å²) in [5, 5.41) is 4.06. The molecule has 5 heteroatoms. The Hall–Kier alpha value is -0.680. The fourth-order valence-corrected chi connectivity index (χ4v) is 0.502. The van der Waals surface area contributed by atoms with Crippen LogP contribution in [0, 0.1) is 0 Å². The minimum absolute atomic E-state index is 0.182. The summed E-state index contributed by atoms with van der Waals surface area (Å²) in [7, 11) is 1.65. The van der Waals surface area contributed by atoms with Crippen LogP contribution in [-0.4, -0.2) is 24.5 Å². The van der Waals surface area contributed by atoms with Crippen LogP contribution in [0.1, 0.15) is 13.3 Å². The molecule has 3 N–H and O–H groups in total. The lowest BCUT2D eigenvalue weighted by molar-refractivity contribution is 0.207. The summed E-state index contributed by atoms with van der Waals surface area (Å²) >= 11 is 4.55. The van der Waals surface area contributed by atoms with Crippen LogP contribution in [0.5, 0.6) is 0 Å². The van der Waals surface area contributed by atoms with Gasteiger partial charge in [-0.05, 0) is 19.1 Å². The van der Waals surface area contributed by atoms with Crippen LogP contribution in [0.15, 0.2) is 5.10 Å². The first kappa shape index (κ1) is 10.3. The van der Waals surface area contributed by atoms with E-state index in [9.17, 15) is 0 Å². The molecule has 0 rings (SSSR count). The Labute approximate surface area is 71.8 Å². The number of thiocarbonyl (C=S) groups is 1. The van der Waals surface area contributed by atoms with Gasteiger partial charge in [-0.3, -0.25) is 5.43 Å². The molecule has 0 amide bonds. The number of nitrogens with two attached hydrogens (primary N) is 1. The smallest absolute Gasteiger partial charge is 0.184 e. The Bertz CT molecular complexity index is 158. The molecule has 0 aliphatic rings. The highest BCUT2D eigenvalue weighted by Gasteiger charge is 1.90. The normalized spacial score (nSPS) is 11.3. The van der Waals surface area contributed by atoms with Gasteiger partial charge in [-0.25, -0.2) is 0 Å². The molecular formula is C6H13N3OS. The lowest BCUT2D eigenvalue weighted by atomic mass is 10.3. The van der Waals surface area contributed by atoms with Gasteiger partial charge in [0.05, 0.1) is 6.61 Å². The Morgan fingerprint density at radius 1 is 1.73 bits per heavy atom. The summed E-state index contributed by atoms with van der Waals surface area (Å²) in [4.78, 5) is 0. The second-order valence-corrected chi connectivity index (χ2v) is 2.51. The van der Waals surface area contributed by atoms with Gasteiger partial charge in [-0.15, -0.1) is 0 Å². The van der Waals surface area contributed by atoms with Gasteiger partial charge >= 0.3 is 0 Å². The van der Waals surface area contributed by atoms with Crippen molar-refractivity contribution in [3.8, 4) is 0 Å². The summed E-state index contributed by atoms with van der Waals surface area (Å²) in [6.07, 6.45) is 0.784. The van der Waals surface area contributed by atoms with E-state index in [0.29, 0.717) is 6.61 Å². The molecule has 0 atom stereocenters. The van der Waals surface area contributed by atoms with Crippen LogP contribution < -0.4 is 11.2 Å². The highest BCUT2D eigenvalue weighted by molar-refractivity contribution is 7.80. The molecule has 0 unspecified atom stereocenters. The molecule has 4 nitrogen and oxygen atoms in total. The van der Waals surface area contributed by atoms with Crippen LogP contribution in [0.25, 0.3) is 0 Å². The highest BCUT2D eigenvalue weighted by atomic mass is 32.1. The molecule has 0 spiro atoms. The minimum Gasteiger partial charge on any atom is -0.384 e. The van der Waals surface area contributed by atoms with Gasteiger partial charge in [0.1, 0.15) is 0 Å².